The van der Waals surface area contributed by atoms with Gasteiger partial charge in [-0.15, -0.1) is 0 Å². The van der Waals surface area contributed by atoms with E-state index in [-0.39, 0.29) is 23.9 Å². The molecule has 1 aliphatic rings. The van der Waals surface area contributed by atoms with E-state index < -0.39 is 5.97 Å². The van der Waals surface area contributed by atoms with Gasteiger partial charge in [0.2, 0.25) is 0 Å². The average Bonchev–Trinajstić information content (AvgIpc) is 3.35. The minimum Gasteiger partial charge on any atom is -0.461 e. The zero-order valence-electron chi connectivity index (χ0n) is 15.5. The SMILES string of the molecule is CCOC(=O)c1ccn(-c2ccc(NC(=O)N[C@@H](C)[C@@H]3CCCO3)cc2)n1. The first-order valence-electron chi connectivity index (χ1n) is 9.09. The van der Waals surface area contributed by atoms with Gasteiger partial charge in [-0.25, -0.2) is 14.3 Å². The molecule has 0 radical (unpaired) electrons. The summed E-state index contributed by atoms with van der Waals surface area (Å²) >= 11 is 0. The van der Waals surface area contributed by atoms with Crippen LogP contribution in [0.4, 0.5) is 10.5 Å². The number of carbonyl (C=O) groups is 2. The first kappa shape index (κ1) is 18.9. The molecule has 0 bridgehead atoms. The fourth-order valence-electron chi connectivity index (χ4n) is 2.94. The van der Waals surface area contributed by atoms with Crippen molar-refractivity contribution in [1.82, 2.24) is 15.1 Å². The summed E-state index contributed by atoms with van der Waals surface area (Å²) in [5, 5.41) is 9.91. The lowest BCUT2D eigenvalue weighted by molar-refractivity contribution is 0.0519. The van der Waals surface area contributed by atoms with Crippen molar-refractivity contribution in [1.29, 1.82) is 0 Å². The third-order valence-electron chi connectivity index (χ3n) is 4.34. The summed E-state index contributed by atoms with van der Waals surface area (Å²) in [5.41, 5.74) is 1.68. The number of nitrogens with one attached hydrogen (secondary N) is 2. The van der Waals surface area contributed by atoms with Gasteiger partial charge >= 0.3 is 12.0 Å². The highest BCUT2D eigenvalue weighted by molar-refractivity contribution is 5.89. The lowest BCUT2D eigenvalue weighted by Gasteiger charge is -2.20. The predicted octanol–water partition coefficient (Wildman–Crippen LogP) is 2.74. The second-order valence-corrected chi connectivity index (χ2v) is 6.35. The Kier molecular flexibility index (Phi) is 6.08. The molecule has 0 unspecified atom stereocenters. The molecule has 1 aromatic carbocycles. The van der Waals surface area contributed by atoms with E-state index in [2.05, 4.69) is 15.7 Å². The summed E-state index contributed by atoms with van der Waals surface area (Å²) in [5.74, 6) is -0.452. The van der Waals surface area contributed by atoms with Gasteiger partial charge in [0.1, 0.15) is 0 Å². The van der Waals surface area contributed by atoms with Crippen molar-refractivity contribution in [2.75, 3.05) is 18.5 Å². The Bertz CT molecular complexity index is 781. The van der Waals surface area contributed by atoms with Crippen LogP contribution in [0.3, 0.4) is 0 Å². The number of urea groups is 1. The van der Waals surface area contributed by atoms with Crippen LogP contribution >= 0.6 is 0 Å². The molecule has 0 aliphatic carbocycles. The van der Waals surface area contributed by atoms with Gasteiger partial charge in [-0.05, 0) is 57.0 Å². The highest BCUT2D eigenvalue weighted by Gasteiger charge is 2.23. The van der Waals surface area contributed by atoms with E-state index in [9.17, 15) is 9.59 Å². The summed E-state index contributed by atoms with van der Waals surface area (Å²) < 4.78 is 12.1. The molecule has 2 heterocycles. The normalized spacial score (nSPS) is 17.3. The molecule has 1 aliphatic heterocycles. The maximum absolute atomic E-state index is 12.1. The topological polar surface area (TPSA) is 94.5 Å². The van der Waals surface area contributed by atoms with Crippen molar-refractivity contribution in [3.8, 4) is 5.69 Å². The summed E-state index contributed by atoms with van der Waals surface area (Å²) in [7, 11) is 0. The first-order valence-corrected chi connectivity index (χ1v) is 9.09. The number of amides is 2. The number of carbonyl (C=O) groups excluding carboxylic acids is 2. The second kappa shape index (κ2) is 8.68. The van der Waals surface area contributed by atoms with Crippen molar-refractivity contribution in [3.05, 3.63) is 42.2 Å². The Hall–Kier alpha value is -2.87. The minimum absolute atomic E-state index is 0.0443. The number of ether oxygens (including phenoxy) is 2. The van der Waals surface area contributed by atoms with E-state index in [1.807, 2.05) is 6.92 Å². The van der Waals surface area contributed by atoms with Gasteiger partial charge in [-0.3, -0.25) is 0 Å². The third kappa shape index (κ3) is 4.85. The molecule has 0 saturated carbocycles. The van der Waals surface area contributed by atoms with E-state index >= 15 is 0 Å². The Labute approximate surface area is 157 Å². The molecule has 1 saturated heterocycles. The maximum atomic E-state index is 12.1. The summed E-state index contributed by atoms with van der Waals surface area (Å²) in [4.78, 5) is 23.8. The van der Waals surface area contributed by atoms with Gasteiger partial charge in [0.15, 0.2) is 5.69 Å². The Morgan fingerprint density at radius 2 is 2.11 bits per heavy atom. The van der Waals surface area contributed by atoms with Crippen LogP contribution in [-0.4, -0.2) is 47.1 Å². The van der Waals surface area contributed by atoms with E-state index in [0.29, 0.717) is 12.3 Å². The molecule has 1 fully saturated rings. The van der Waals surface area contributed by atoms with Crippen LogP contribution in [0.15, 0.2) is 36.5 Å². The zero-order valence-corrected chi connectivity index (χ0v) is 15.5. The van der Waals surface area contributed by atoms with Gasteiger partial charge in [0, 0.05) is 18.5 Å². The van der Waals surface area contributed by atoms with Crippen LogP contribution in [0.25, 0.3) is 5.69 Å². The molecule has 0 spiro atoms. The van der Waals surface area contributed by atoms with Crippen LogP contribution in [0.5, 0.6) is 0 Å². The van der Waals surface area contributed by atoms with Crippen LogP contribution in [0.2, 0.25) is 0 Å². The summed E-state index contributed by atoms with van der Waals surface area (Å²) in [6.45, 7) is 4.75. The van der Waals surface area contributed by atoms with Crippen molar-refractivity contribution in [3.63, 3.8) is 0 Å². The fraction of sp³-hybridized carbons (Fsp3) is 0.421. The van der Waals surface area contributed by atoms with Crippen molar-refractivity contribution in [2.45, 2.75) is 38.8 Å². The Balaban J connectivity index is 1.57. The number of rotatable bonds is 6. The smallest absolute Gasteiger partial charge is 0.358 e. The summed E-state index contributed by atoms with van der Waals surface area (Å²) in [6.07, 6.45) is 3.76. The molecule has 8 heteroatoms. The molecule has 1 aromatic heterocycles. The number of hydrogen-bond donors (Lipinski definition) is 2. The molecular formula is C19H24N4O4. The molecule has 2 atom stereocenters. The van der Waals surface area contributed by atoms with E-state index in [1.165, 1.54) is 0 Å². The molecule has 144 valence electrons. The highest BCUT2D eigenvalue weighted by Crippen LogP contribution is 2.16. The first-order chi connectivity index (χ1) is 13.1. The number of anilines is 1. The average molecular weight is 372 g/mol. The van der Waals surface area contributed by atoms with Crippen molar-refractivity contribution < 1.29 is 19.1 Å². The van der Waals surface area contributed by atoms with Crippen LogP contribution in [0, 0.1) is 0 Å². The molecule has 2 aromatic rings. The predicted molar refractivity (Wildman–Crippen MR) is 100 cm³/mol. The zero-order chi connectivity index (χ0) is 19.2. The van der Waals surface area contributed by atoms with Crippen LogP contribution < -0.4 is 10.6 Å². The Morgan fingerprint density at radius 3 is 2.78 bits per heavy atom. The van der Waals surface area contributed by atoms with E-state index in [0.717, 1.165) is 25.1 Å². The molecule has 8 nitrogen and oxygen atoms in total. The van der Waals surface area contributed by atoms with Crippen LogP contribution in [-0.2, 0) is 9.47 Å². The third-order valence-corrected chi connectivity index (χ3v) is 4.34. The van der Waals surface area contributed by atoms with Gasteiger partial charge in [0.25, 0.3) is 0 Å². The number of hydrogen-bond acceptors (Lipinski definition) is 5. The summed E-state index contributed by atoms with van der Waals surface area (Å²) in [6, 6.07) is 8.45. The molecular weight excluding hydrogens is 348 g/mol. The maximum Gasteiger partial charge on any atom is 0.358 e. The standard InChI is InChI=1S/C19H24N4O4/c1-3-26-18(24)16-10-11-23(22-16)15-8-6-14(7-9-15)21-19(25)20-13(2)17-5-4-12-27-17/h6-11,13,17H,3-5,12H2,1-2H3,(H2,20,21,25)/t13-,17-/m0/s1. The molecule has 2 amide bonds. The Morgan fingerprint density at radius 1 is 1.33 bits per heavy atom. The fourth-order valence-corrected chi connectivity index (χ4v) is 2.94. The number of aromatic nitrogens is 2. The van der Waals surface area contributed by atoms with Gasteiger partial charge in [-0.1, -0.05) is 0 Å². The largest absolute Gasteiger partial charge is 0.461 e. The number of benzene rings is 1. The van der Waals surface area contributed by atoms with E-state index in [1.54, 1.807) is 48.1 Å². The molecule has 3 rings (SSSR count). The highest BCUT2D eigenvalue weighted by atomic mass is 16.5. The van der Waals surface area contributed by atoms with E-state index in [4.69, 9.17) is 9.47 Å². The monoisotopic (exact) mass is 372 g/mol. The number of nitrogens with zero attached hydrogens (tertiary/aromatic N) is 2. The quantitative estimate of drug-likeness (QED) is 0.761. The van der Waals surface area contributed by atoms with Gasteiger partial charge in [-0.2, -0.15) is 5.10 Å². The van der Waals surface area contributed by atoms with Crippen molar-refractivity contribution >= 4 is 17.7 Å². The molecule has 27 heavy (non-hydrogen) atoms. The van der Waals surface area contributed by atoms with Crippen molar-refractivity contribution in [2.24, 2.45) is 0 Å². The van der Waals surface area contributed by atoms with Crippen LogP contribution in [0.1, 0.15) is 37.2 Å². The lowest BCUT2D eigenvalue weighted by atomic mass is 10.1. The van der Waals surface area contributed by atoms with Gasteiger partial charge in [0.05, 0.1) is 24.4 Å². The number of esters is 1. The minimum atomic E-state index is -0.452. The lowest BCUT2D eigenvalue weighted by Crippen LogP contribution is -2.42. The molecule has 2 N–H and O–H groups in total. The van der Waals surface area contributed by atoms with Gasteiger partial charge < -0.3 is 20.1 Å². The second-order valence-electron chi connectivity index (χ2n) is 6.35.